The van der Waals surface area contributed by atoms with Crippen LogP contribution in [-0.2, 0) is 14.3 Å². The van der Waals surface area contributed by atoms with E-state index in [1.807, 2.05) is 42.5 Å². The van der Waals surface area contributed by atoms with Crippen LogP contribution in [-0.4, -0.2) is 39.8 Å². The number of anilines is 1. The van der Waals surface area contributed by atoms with Crippen LogP contribution >= 0.6 is 31.9 Å². The minimum Gasteiger partial charge on any atom is -0.454 e. The van der Waals surface area contributed by atoms with Crippen LogP contribution in [0.2, 0.25) is 0 Å². The van der Waals surface area contributed by atoms with Gasteiger partial charge in [-0.25, -0.2) is 4.79 Å². The third-order valence-corrected chi connectivity index (χ3v) is 9.63. The van der Waals surface area contributed by atoms with Crippen molar-refractivity contribution in [3.8, 4) is 11.1 Å². The van der Waals surface area contributed by atoms with Gasteiger partial charge in [0.15, 0.2) is 12.4 Å². The molecule has 188 valence electrons. The van der Waals surface area contributed by atoms with E-state index in [9.17, 15) is 19.2 Å². The number of Topliss-reactive ketones (excluding diaryl/α,β-unsaturated/α-hetero) is 1. The Labute approximate surface area is 231 Å². The van der Waals surface area contributed by atoms with Crippen molar-refractivity contribution in [3.63, 3.8) is 0 Å². The summed E-state index contributed by atoms with van der Waals surface area (Å²) in [6.07, 6.45) is 1.13. The number of ether oxygens (including phenoxy) is 1. The molecule has 0 bridgehead atoms. The molecule has 4 unspecified atom stereocenters. The normalized spacial score (nSPS) is 23.0. The molecular formula is C29H23Br2NO5. The van der Waals surface area contributed by atoms with Gasteiger partial charge in [0.2, 0.25) is 11.8 Å². The first kappa shape index (κ1) is 25.5. The zero-order chi connectivity index (χ0) is 26.1. The topological polar surface area (TPSA) is 80.8 Å². The zero-order valence-electron chi connectivity index (χ0n) is 19.7. The summed E-state index contributed by atoms with van der Waals surface area (Å²) in [4.78, 5) is 52.9. The lowest BCUT2D eigenvalue weighted by molar-refractivity contribution is -0.122. The number of nitrogens with zero attached hydrogens (tertiary/aromatic N) is 1. The van der Waals surface area contributed by atoms with Crippen LogP contribution in [0, 0.1) is 11.8 Å². The molecule has 1 heterocycles. The lowest BCUT2D eigenvalue weighted by atomic mass is 9.81. The third-order valence-electron chi connectivity index (χ3n) is 6.90. The second kappa shape index (κ2) is 10.7. The number of carbonyl (C=O) groups is 4. The summed E-state index contributed by atoms with van der Waals surface area (Å²) in [5, 5.41) is 0. The molecule has 2 amide bonds. The number of carbonyl (C=O) groups excluding carboxylic acids is 4. The van der Waals surface area contributed by atoms with Gasteiger partial charge in [0.05, 0.1) is 23.1 Å². The highest BCUT2D eigenvalue weighted by Gasteiger charge is 2.52. The molecule has 0 aromatic heterocycles. The Hall–Kier alpha value is -3.10. The molecule has 1 aliphatic heterocycles. The molecule has 8 heteroatoms. The fourth-order valence-electron chi connectivity index (χ4n) is 4.90. The maximum absolute atomic E-state index is 13.1. The molecule has 4 atom stereocenters. The van der Waals surface area contributed by atoms with Crippen molar-refractivity contribution in [2.75, 3.05) is 11.5 Å². The van der Waals surface area contributed by atoms with Gasteiger partial charge >= 0.3 is 5.97 Å². The number of halogens is 2. The van der Waals surface area contributed by atoms with Crippen molar-refractivity contribution < 1.29 is 23.9 Å². The van der Waals surface area contributed by atoms with E-state index in [2.05, 4.69) is 31.9 Å². The molecule has 1 aliphatic carbocycles. The number of imide groups is 1. The van der Waals surface area contributed by atoms with Gasteiger partial charge in [0, 0.05) is 15.2 Å². The summed E-state index contributed by atoms with van der Waals surface area (Å²) in [5.41, 5.74) is 2.96. The number of amides is 2. The largest absolute Gasteiger partial charge is 0.454 e. The van der Waals surface area contributed by atoms with Gasteiger partial charge < -0.3 is 4.74 Å². The fourth-order valence-corrected chi connectivity index (χ4v) is 6.14. The highest BCUT2D eigenvalue weighted by atomic mass is 79.9. The van der Waals surface area contributed by atoms with Crippen molar-refractivity contribution in [2.24, 2.45) is 11.8 Å². The van der Waals surface area contributed by atoms with Crippen molar-refractivity contribution >= 4 is 61.1 Å². The summed E-state index contributed by atoms with van der Waals surface area (Å²) in [6.45, 7) is -0.418. The van der Waals surface area contributed by atoms with E-state index >= 15 is 0 Å². The maximum Gasteiger partial charge on any atom is 0.338 e. The molecule has 1 saturated carbocycles. The number of ketones is 1. The number of hydrogen-bond donors (Lipinski definition) is 0. The molecule has 37 heavy (non-hydrogen) atoms. The van der Waals surface area contributed by atoms with Crippen LogP contribution in [0.15, 0.2) is 78.9 Å². The van der Waals surface area contributed by atoms with Crippen molar-refractivity contribution in [2.45, 2.75) is 22.5 Å². The Morgan fingerprint density at radius 3 is 1.97 bits per heavy atom. The van der Waals surface area contributed by atoms with Gasteiger partial charge in [0.1, 0.15) is 0 Å². The summed E-state index contributed by atoms with van der Waals surface area (Å²) >= 11 is 7.17. The number of fused-ring (bicyclic) bond motifs is 1. The minimum atomic E-state index is -0.700. The van der Waals surface area contributed by atoms with Gasteiger partial charge in [-0.15, -0.1) is 0 Å². The molecule has 5 rings (SSSR count). The van der Waals surface area contributed by atoms with Gasteiger partial charge in [-0.1, -0.05) is 92.5 Å². The molecule has 3 aromatic rings. The van der Waals surface area contributed by atoms with Crippen LogP contribution in [0.1, 0.15) is 33.6 Å². The lowest BCUT2D eigenvalue weighted by Gasteiger charge is -2.29. The summed E-state index contributed by atoms with van der Waals surface area (Å²) in [5.74, 6) is -2.29. The van der Waals surface area contributed by atoms with Crippen LogP contribution in [0.4, 0.5) is 5.69 Å². The van der Waals surface area contributed by atoms with Crippen LogP contribution in [0.5, 0.6) is 0 Å². The van der Waals surface area contributed by atoms with Gasteiger partial charge in [-0.2, -0.15) is 0 Å². The SMILES string of the molecule is O=C(COC(=O)c1cccc(N2C(=O)C3CC(Br)C(Br)CC3C2=O)c1)c1ccc(-c2ccccc2)cc1. The quantitative estimate of drug-likeness (QED) is 0.149. The van der Waals surface area contributed by atoms with Crippen molar-refractivity contribution in [1.82, 2.24) is 0 Å². The number of benzene rings is 3. The number of hydrogen-bond acceptors (Lipinski definition) is 5. The highest BCUT2D eigenvalue weighted by molar-refractivity contribution is 9.12. The van der Waals surface area contributed by atoms with Gasteiger partial charge in [-0.3, -0.25) is 19.3 Å². The highest BCUT2D eigenvalue weighted by Crippen LogP contribution is 2.44. The number of rotatable bonds is 6. The molecule has 0 spiro atoms. The molecule has 0 radical (unpaired) electrons. The Kier molecular flexibility index (Phi) is 7.40. The average molecular weight is 625 g/mol. The monoisotopic (exact) mass is 623 g/mol. The minimum absolute atomic E-state index is 0.110. The first-order chi connectivity index (χ1) is 17.8. The van der Waals surface area contributed by atoms with E-state index < -0.39 is 12.6 Å². The predicted octanol–water partition coefficient (Wildman–Crippen LogP) is 5.82. The molecule has 0 N–H and O–H groups in total. The lowest BCUT2D eigenvalue weighted by Crippen LogP contribution is -2.34. The second-order valence-electron chi connectivity index (χ2n) is 9.22. The third kappa shape index (κ3) is 5.18. The number of alkyl halides is 2. The first-order valence-corrected chi connectivity index (χ1v) is 13.8. The second-order valence-corrected chi connectivity index (χ2v) is 11.6. The van der Waals surface area contributed by atoms with Crippen molar-refractivity contribution in [1.29, 1.82) is 0 Å². The molecule has 1 saturated heterocycles. The van der Waals surface area contributed by atoms with E-state index in [1.54, 1.807) is 24.3 Å². The first-order valence-electron chi connectivity index (χ1n) is 12.0. The Morgan fingerprint density at radius 1 is 0.757 bits per heavy atom. The van der Waals surface area contributed by atoms with Crippen LogP contribution < -0.4 is 4.90 Å². The van der Waals surface area contributed by atoms with Gasteiger partial charge in [0.25, 0.3) is 0 Å². The molecule has 2 fully saturated rings. The Bertz CT molecular complexity index is 1330. The summed E-state index contributed by atoms with van der Waals surface area (Å²) < 4.78 is 5.26. The van der Waals surface area contributed by atoms with E-state index in [0.29, 0.717) is 24.1 Å². The van der Waals surface area contributed by atoms with E-state index in [1.165, 1.54) is 17.0 Å². The Morgan fingerprint density at radius 2 is 1.35 bits per heavy atom. The zero-order valence-corrected chi connectivity index (χ0v) is 22.9. The fraction of sp³-hybridized carbons (Fsp3) is 0.241. The van der Waals surface area contributed by atoms with E-state index in [-0.39, 0.29) is 44.7 Å². The van der Waals surface area contributed by atoms with E-state index in [0.717, 1.165) is 11.1 Å². The standard InChI is InChI=1S/C29H23Br2NO5/c30-24-14-22-23(15-25(24)31)28(35)32(27(22)34)21-8-4-7-20(13-21)29(36)37-16-26(33)19-11-9-18(10-12-19)17-5-2-1-3-6-17/h1-13,22-25H,14-16H2. The van der Waals surface area contributed by atoms with Gasteiger partial charge in [-0.05, 0) is 42.2 Å². The van der Waals surface area contributed by atoms with E-state index in [4.69, 9.17) is 4.74 Å². The number of esters is 1. The molecule has 2 aliphatic rings. The molecule has 6 nitrogen and oxygen atoms in total. The van der Waals surface area contributed by atoms with Crippen LogP contribution in [0.25, 0.3) is 11.1 Å². The van der Waals surface area contributed by atoms with Crippen molar-refractivity contribution in [3.05, 3.63) is 90.0 Å². The smallest absolute Gasteiger partial charge is 0.338 e. The van der Waals surface area contributed by atoms with Crippen LogP contribution in [0.3, 0.4) is 0 Å². The molecule has 3 aromatic carbocycles. The molecular weight excluding hydrogens is 602 g/mol. The summed E-state index contributed by atoms with van der Waals surface area (Å²) in [6, 6.07) is 23.1. The summed E-state index contributed by atoms with van der Waals surface area (Å²) in [7, 11) is 0. The Balaban J connectivity index is 1.24. The maximum atomic E-state index is 13.1. The predicted molar refractivity (Wildman–Crippen MR) is 147 cm³/mol. The average Bonchev–Trinajstić information content (AvgIpc) is 3.16.